The van der Waals surface area contributed by atoms with E-state index in [9.17, 15) is 4.21 Å². The third-order valence-electron chi connectivity index (χ3n) is 3.30. The van der Waals surface area contributed by atoms with Crippen molar-refractivity contribution in [1.82, 2.24) is 0 Å². The molecular formula is C17H19ClO2S. The molecule has 0 saturated heterocycles. The van der Waals surface area contributed by atoms with Crippen molar-refractivity contribution >= 4 is 22.4 Å². The van der Waals surface area contributed by atoms with Gasteiger partial charge in [0.05, 0.1) is 17.9 Å². The minimum atomic E-state index is -1.18. The first-order chi connectivity index (χ1) is 10.1. The Morgan fingerprint density at radius 1 is 1.10 bits per heavy atom. The molecule has 2 nitrogen and oxygen atoms in total. The third-order valence-corrected chi connectivity index (χ3v) is 5.45. The van der Waals surface area contributed by atoms with E-state index >= 15 is 0 Å². The van der Waals surface area contributed by atoms with Gasteiger partial charge >= 0.3 is 0 Å². The second-order valence-electron chi connectivity index (χ2n) is 4.91. The van der Waals surface area contributed by atoms with Gasteiger partial charge in [0.1, 0.15) is 10.5 Å². The Labute approximate surface area is 133 Å². The molecule has 112 valence electrons. The van der Waals surface area contributed by atoms with Gasteiger partial charge in [-0.05, 0) is 49.6 Å². The molecule has 21 heavy (non-hydrogen) atoms. The van der Waals surface area contributed by atoms with Crippen LogP contribution >= 0.6 is 11.6 Å². The van der Waals surface area contributed by atoms with Gasteiger partial charge in [0.25, 0.3) is 0 Å². The van der Waals surface area contributed by atoms with Crippen LogP contribution < -0.4 is 4.74 Å². The zero-order chi connectivity index (χ0) is 15.2. The summed E-state index contributed by atoms with van der Waals surface area (Å²) in [6.07, 6.45) is 1.48. The summed E-state index contributed by atoms with van der Waals surface area (Å²) in [6.45, 7) is 2.01. The molecule has 2 aromatic carbocycles. The first-order valence-corrected chi connectivity index (χ1v) is 8.49. The highest BCUT2D eigenvalue weighted by Crippen LogP contribution is 2.20. The molecule has 0 amide bonds. The zero-order valence-electron chi connectivity index (χ0n) is 12.2. The van der Waals surface area contributed by atoms with E-state index in [1.165, 1.54) is 5.56 Å². The number of ether oxygens (including phenoxy) is 1. The molecule has 0 saturated carbocycles. The van der Waals surface area contributed by atoms with E-state index in [1.807, 2.05) is 55.5 Å². The normalized spacial score (nSPS) is 13.7. The van der Waals surface area contributed by atoms with Gasteiger partial charge in [-0.25, -0.2) is 0 Å². The summed E-state index contributed by atoms with van der Waals surface area (Å²) in [4.78, 5) is 0.787. The number of benzene rings is 2. The van der Waals surface area contributed by atoms with E-state index in [2.05, 4.69) is 0 Å². The molecule has 0 aliphatic heterocycles. The van der Waals surface area contributed by atoms with Crippen LogP contribution in [0.1, 0.15) is 17.5 Å². The maximum atomic E-state index is 12.3. The van der Waals surface area contributed by atoms with Crippen LogP contribution in [0.2, 0.25) is 0 Å². The summed E-state index contributed by atoms with van der Waals surface area (Å²) in [6, 6.07) is 15.6. The highest BCUT2D eigenvalue weighted by Gasteiger charge is 2.15. The third kappa shape index (κ3) is 4.58. The van der Waals surface area contributed by atoms with Crippen LogP contribution in [0.5, 0.6) is 5.75 Å². The van der Waals surface area contributed by atoms with Crippen molar-refractivity contribution in [3.8, 4) is 5.75 Å². The molecular weight excluding hydrogens is 304 g/mol. The molecule has 4 heteroatoms. The number of hydrogen-bond acceptors (Lipinski definition) is 2. The number of rotatable bonds is 6. The van der Waals surface area contributed by atoms with Crippen molar-refractivity contribution in [1.29, 1.82) is 0 Å². The van der Waals surface area contributed by atoms with Crippen molar-refractivity contribution in [2.45, 2.75) is 29.4 Å². The van der Waals surface area contributed by atoms with Crippen LogP contribution in [0.25, 0.3) is 0 Å². The van der Waals surface area contributed by atoms with E-state index < -0.39 is 10.8 Å². The molecule has 2 unspecified atom stereocenters. The zero-order valence-corrected chi connectivity index (χ0v) is 13.8. The number of alkyl halides is 1. The maximum Gasteiger partial charge on any atom is 0.118 e. The lowest BCUT2D eigenvalue weighted by molar-refractivity contribution is 0.414. The quantitative estimate of drug-likeness (QED) is 0.741. The number of hydrogen-bond donors (Lipinski definition) is 0. The molecule has 0 aliphatic rings. The molecule has 0 bridgehead atoms. The maximum absolute atomic E-state index is 12.3. The topological polar surface area (TPSA) is 26.3 Å². The van der Waals surface area contributed by atoms with Crippen LogP contribution in [0.3, 0.4) is 0 Å². The molecule has 0 radical (unpaired) electrons. The van der Waals surface area contributed by atoms with E-state index in [0.29, 0.717) is 6.42 Å². The Morgan fingerprint density at radius 3 is 2.29 bits per heavy atom. The summed E-state index contributed by atoms with van der Waals surface area (Å²) in [5.74, 6) is 0.837. The fourth-order valence-corrected chi connectivity index (χ4v) is 3.45. The molecule has 2 rings (SSSR count). The lowest BCUT2D eigenvalue weighted by Crippen LogP contribution is -2.09. The largest absolute Gasteiger partial charge is 0.497 e. The Kier molecular flexibility index (Phi) is 5.83. The van der Waals surface area contributed by atoms with Gasteiger partial charge in [-0.15, -0.1) is 11.6 Å². The molecule has 0 aromatic heterocycles. The van der Waals surface area contributed by atoms with E-state index in [4.69, 9.17) is 16.3 Å². The van der Waals surface area contributed by atoms with Gasteiger partial charge in [-0.1, -0.05) is 29.8 Å². The van der Waals surface area contributed by atoms with Crippen LogP contribution in [-0.4, -0.2) is 16.0 Å². The second kappa shape index (κ2) is 7.62. The van der Waals surface area contributed by atoms with Gasteiger partial charge in [-0.3, -0.25) is 4.21 Å². The van der Waals surface area contributed by atoms with E-state index in [0.717, 1.165) is 22.6 Å². The summed E-state index contributed by atoms with van der Waals surface area (Å²) in [5.41, 5.74) is 2.32. The summed E-state index contributed by atoms with van der Waals surface area (Å²) >= 11 is 6.29. The summed E-state index contributed by atoms with van der Waals surface area (Å²) < 4.78 is 17.1. The average molecular weight is 323 g/mol. The SMILES string of the molecule is COc1ccc(CCC(Cl)S(=O)c2ccc(C)cc2)cc1. The van der Waals surface area contributed by atoms with Crippen molar-refractivity contribution < 1.29 is 8.95 Å². The van der Waals surface area contributed by atoms with Crippen LogP contribution in [0.4, 0.5) is 0 Å². The van der Waals surface area contributed by atoms with Crippen LogP contribution in [0.15, 0.2) is 53.4 Å². The molecule has 0 heterocycles. The standard InChI is InChI=1S/C17H19ClO2S/c1-13-3-10-16(11-4-13)21(19)17(18)12-7-14-5-8-15(20-2)9-6-14/h3-6,8-11,17H,7,12H2,1-2H3. The average Bonchev–Trinajstić information content (AvgIpc) is 2.53. The Bertz CT molecular complexity index is 593. The van der Waals surface area contributed by atoms with Crippen LogP contribution in [-0.2, 0) is 17.2 Å². The van der Waals surface area contributed by atoms with Crippen LogP contribution in [0, 0.1) is 6.92 Å². The first-order valence-electron chi connectivity index (χ1n) is 6.84. The van der Waals surface area contributed by atoms with Gasteiger partial charge in [0, 0.05) is 4.90 Å². The fourth-order valence-electron chi connectivity index (χ4n) is 2.00. The van der Waals surface area contributed by atoms with Gasteiger partial charge in [0.15, 0.2) is 0 Å². The monoisotopic (exact) mass is 322 g/mol. The van der Waals surface area contributed by atoms with Crippen molar-refractivity contribution in [2.75, 3.05) is 7.11 Å². The molecule has 0 aliphatic carbocycles. The highest BCUT2D eigenvalue weighted by molar-refractivity contribution is 7.87. The van der Waals surface area contributed by atoms with Gasteiger partial charge in [-0.2, -0.15) is 0 Å². The number of aryl methyl sites for hydroxylation is 2. The Hall–Kier alpha value is -1.32. The Balaban J connectivity index is 1.92. The van der Waals surface area contributed by atoms with Crippen molar-refractivity contribution in [2.24, 2.45) is 0 Å². The highest BCUT2D eigenvalue weighted by atomic mass is 35.5. The Morgan fingerprint density at radius 2 is 1.71 bits per heavy atom. The predicted octanol–water partition coefficient (Wildman–Crippen LogP) is 4.31. The lowest BCUT2D eigenvalue weighted by Gasteiger charge is -2.10. The van der Waals surface area contributed by atoms with Crippen molar-refractivity contribution in [3.63, 3.8) is 0 Å². The minimum absolute atomic E-state index is 0.380. The van der Waals surface area contributed by atoms with E-state index in [-0.39, 0.29) is 4.71 Å². The predicted molar refractivity (Wildman–Crippen MR) is 88.5 cm³/mol. The smallest absolute Gasteiger partial charge is 0.118 e. The van der Waals surface area contributed by atoms with Crippen molar-refractivity contribution in [3.05, 3.63) is 59.7 Å². The summed E-state index contributed by atoms with van der Waals surface area (Å²) in [5, 5.41) is 0. The van der Waals surface area contributed by atoms with Gasteiger partial charge in [0.2, 0.25) is 0 Å². The fraction of sp³-hybridized carbons (Fsp3) is 0.294. The molecule has 2 atom stereocenters. The van der Waals surface area contributed by atoms with E-state index in [1.54, 1.807) is 7.11 Å². The number of halogens is 1. The minimum Gasteiger partial charge on any atom is -0.497 e. The summed E-state index contributed by atoms with van der Waals surface area (Å²) in [7, 11) is 0.472. The molecule has 0 N–H and O–H groups in total. The second-order valence-corrected chi connectivity index (χ2v) is 7.33. The lowest BCUT2D eigenvalue weighted by atomic mass is 10.1. The molecule has 0 fully saturated rings. The molecule has 0 spiro atoms. The number of methoxy groups -OCH3 is 1. The first kappa shape index (κ1) is 16.1. The van der Waals surface area contributed by atoms with Gasteiger partial charge < -0.3 is 4.74 Å². The molecule has 2 aromatic rings.